The molecule has 1 nitrogen and oxygen atoms in total. The fraction of sp³-hybridized carbons (Fsp3) is 0.273. The average Bonchev–Trinajstić information content (AvgIpc) is 2.03. The molecule has 1 aromatic rings. The molecule has 0 amide bonds. The zero-order valence-corrected chi connectivity index (χ0v) is 8.33. The van der Waals surface area contributed by atoms with E-state index in [4.69, 9.17) is 16.7 Å². The normalized spacial score (nSPS) is 13.5. The van der Waals surface area contributed by atoms with E-state index in [9.17, 15) is 0 Å². The minimum atomic E-state index is -0.282. The minimum absolute atomic E-state index is 0.282. The van der Waals surface area contributed by atoms with Crippen molar-refractivity contribution in [3.8, 4) is 0 Å². The first kappa shape index (κ1) is 10.3. The number of aliphatic hydroxyl groups is 1. The zero-order valence-electron chi connectivity index (χ0n) is 7.57. The highest BCUT2D eigenvalue weighted by atomic mass is 35.5. The summed E-state index contributed by atoms with van der Waals surface area (Å²) < 4.78 is 0. The van der Waals surface area contributed by atoms with Crippen molar-refractivity contribution < 1.29 is 5.11 Å². The Morgan fingerprint density at radius 2 is 2.31 bits per heavy atom. The summed E-state index contributed by atoms with van der Waals surface area (Å²) in [6, 6.07) is 7.61. The highest BCUT2D eigenvalue weighted by Gasteiger charge is 1.91. The van der Waals surface area contributed by atoms with Crippen LogP contribution in [0.2, 0.25) is 5.02 Å². The second-order valence-electron chi connectivity index (χ2n) is 3.04. The fourth-order valence-corrected chi connectivity index (χ4v) is 1.21. The Hall–Kier alpha value is -0.790. The fourth-order valence-electron chi connectivity index (χ4n) is 1.01. The van der Waals surface area contributed by atoms with Crippen LogP contribution in [0.15, 0.2) is 30.3 Å². The SMILES string of the molecule is CC(O)C/C=C/c1cccc(Cl)c1. The molecule has 70 valence electrons. The van der Waals surface area contributed by atoms with Crippen molar-refractivity contribution in [3.63, 3.8) is 0 Å². The van der Waals surface area contributed by atoms with E-state index in [1.165, 1.54) is 0 Å². The molecule has 1 rings (SSSR count). The maximum Gasteiger partial charge on any atom is 0.0546 e. The van der Waals surface area contributed by atoms with Gasteiger partial charge in [-0.3, -0.25) is 0 Å². The summed E-state index contributed by atoms with van der Waals surface area (Å²) in [5.41, 5.74) is 1.06. The summed E-state index contributed by atoms with van der Waals surface area (Å²) in [4.78, 5) is 0. The van der Waals surface area contributed by atoms with Gasteiger partial charge in [0, 0.05) is 5.02 Å². The quantitative estimate of drug-likeness (QED) is 0.788. The molecule has 0 heterocycles. The largest absolute Gasteiger partial charge is 0.393 e. The lowest BCUT2D eigenvalue weighted by Crippen LogP contribution is -1.95. The summed E-state index contributed by atoms with van der Waals surface area (Å²) in [6.07, 6.45) is 4.29. The topological polar surface area (TPSA) is 20.2 Å². The van der Waals surface area contributed by atoms with Gasteiger partial charge in [-0.05, 0) is 31.0 Å². The van der Waals surface area contributed by atoms with Crippen LogP contribution in [-0.2, 0) is 0 Å². The maximum atomic E-state index is 9.01. The number of benzene rings is 1. The van der Waals surface area contributed by atoms with Crippen LogP contribution in [0.25, 0.3) is 6.08 Å². The molecule has 1 unspecified atom stereocenters. The average molecular weight is 197 g/mol. The zero-order chi connectivity index (χ0) is 9.68. The van der Waals surface area contributed by atoms with Crippen molar-refractivity contribution >= 4 is 17.7 Å². The summed E-state index contributed by atoms with van der Waals surface area (Å²) in [5, 5.41) is 9.74. The van der Waals surface area contributed by atoms with Crippen LogP contribution in [0.1, 0.15) is 18.9 Å². The molecular weight excluding hydrogens is 184 g/mol. The molecule has 1 aromatic carbocycles. The Morgan fingerprint density at radius 3 is 2.92 bits per heavy atom. The Labute approximate surface area is 83.7 Å². The number of hydrogen-bond donors (Lipinski definition) is 1. The van der Waals surface area contributed by atoms with E-state index < -0.39 is 0 Å². The van der Waals surface area contributed by atoms with Crippen LogP contribution in [0.4, 0.5) is 0 Å². The molecule has 2 heteroatoms. The lowest BCUT2D eigenvalue weighted by molar-refractivity contribution is 0.199. The van der Waals surface area contributed by atoms with Gasteiger partial charge in [0.05, 0.1) is 6.10 Å². The molecule has 0 aromatic heterocycles. The standard InChI is InChI=1S/C11H13ClO/c1-9(13)4-2-5-10-6-3-7-11(12)8-10/h2-3,5-9,13H,4H2,1H3/b5-2+. The van der Waals surface area contributed by atoms with Gasteiger partial charge in [0.1, 0.15) is 0 Å². The van der Waals surface area contributed by atoms with Crippen LogP contribution in [0.5, 0.6) is 0 Å². The first-order valence-corrected chi connectivity index (χ1v) is 4.66. The van der Waals surface area contributed by atoms with Gasteiger partial charge < -0.3 is 5.11 Å². The maximum absolute atomic E-state index is 9.01. The number of halogens is 1. The van der Waals surface area contributed by atoms with E-state index in [-0.39, 0.29) is 6.10 Å². The van der Waals surface area contributed by atoms with Crippen molar-refractivity contribution in [3.05, 3.63) is 40.9 Å². The second kappa shape index (κ2) is 5.05. The van der Waals surface area contributed by atoms with Gasteiger partial charge in [-0.2, -0.15) is 0 Å². The van der Waals surface area contributed by atoms with Gasteiger partial charge in [0.2, 0.25) is 0 Å². The molecule has 0 bridgehead atoms. The van der Waals surface area contributed by atoms with E-state index in [1.54, 1.807) is 6.92 Å². The monoisotopic (exact) mass is 196 g/mol. The molecule has 0 saturated carbocycles. The molecule has 0 saturated heterocycles. The second-order valence-corrected chi connectivity index (χ2v) is 3.48. The van der Waals surface area contributed by atoms with Crippen LogP contribution >= 0.6 is 11.6 Å². The van der Waals surface area contributed by atoms with E-state index in [2.05, 4.69) is 0 Å². The third-order valence-corrected chi connectivity index (χ3v) is 1.87. The minimum Gasteiger partial charge on any atom is -0.393 e. The lowest BCUT2D eigenvalue weighted by atomic mass is 10.2. The van der Waals surface area contributed by atoms with Gasteiger partial charge in [0.15, 0.2) is 0 Å². The molecule has 1 atom stereocenters. The Bertz CT molecular complexity index is 292. The smallest absolute Gasteiger partial charge is 0.0546 e. The van der Waals surface area contributed by atoms with Crippen LogP contribution in [0.3, 0.4) is 0 Å². The third-order valence-electron chi connectivity index (χ3n) is 1.64. The van der Waals surface area contributed by atoms with Gasteiger partial charge in [0.25, 0.3) is 0 Å². The van der Waals surface area contributed by atoms with Gasteiger partial charge in [-0.1, -0.05) is 35.9 Å². The number of aliphatic hydroxyl groups excluding tert-OH is 1. The van der Waals surface area contributed by atoms with Crippen molar-refractivity contribution in [2.24, 2.45) is 0 Å². The van der Waals surface area contributed by atoms with E-state index in [0.29, 0.717) is 6.42 Å². The van der Waals surface area contributed by atoms with E-state index in [1.807, 2.05) is 36.4 Å². The predicted octanol–water partition coefficient (Wildman–Crippen LogP) is 3.12. The third kappa shape index (κ3) is 4.11. The Kier molecular flexibility index (Phi) is 4.00. The van der Waals surface area contributed by atoms with Gasteiger partial charge in [-0.15, -0.1) is 0 Å². The van der Waals surface area contributed by atoms with Crippen LogP contribution in [-0.4, -0.2) is 11.2 Å². The summed E-state index contributed by atoms with van der Waals surface area (Å²) in [5.74, 6) is 0. The van der Waals surface area contributed by atoms with Crippen LogP contribution in [0, 0.1) is 0 Å². The van der Waals surface area contributed by atoms with Crippen molar-refractivity contribution in [1.82, 2.24) is 0 Å². The predicted molar refractivity (Wildman–Crippen MR) is 56.8 cm³/mol. The molecule has 0 aliphatic rings. The molecule has 13 heavy (non-hydrogen) atoms. The van der Waals surface area contributed by atoms with Gasteiger partial charge >= 0.3 is 0 Å². The Balaban J connectivity index is 2.58. The Morgan fingerprint density at radius 1 is 1.54 bits per heavy atom. The molecule has 0 radical (unpaired) electrons. The number of rotatable bonds is 3. The van der Waals surface area contributed by atoms with Crippen LogP contribution < -0.4 is 0 Å². The first-order valence-electron chi connectivity index (χ1n) is 4.28. The molecule has 0 fully saturated rings. The number of hydrogen-bond acceptors (Lipinski definition) is 1. The lowest BCUT2D eigenvalue weighted by Gasteiger charge is -1.97. The summed E-state index contributed by atoms with van der Waals surface area (Å²) in [7, 11) is 0. The van der Waals surface area contributed by atoms with E-state index >= 15 is 0 Å². The molecule has 0 aliphatic heterocycles. The molecule has 0 aliphatic carbocycles. The summed E-state index contributed by atoms with van der Waals surface area (Å²) in [6.45, 7) is 1.77. The van der Waals surface area contributed by atoms with Crippen molar-refractivity contribution in [1.29, 1.82) is 0 Å². The van der Waals surface area contributed by atoms with Gasteiger partial charge in [-0.25, -0.2) is 0 Å². The molecule has 1 N–H and O–H groups in total. The van der Waals surface area contributed by atoms with Crippen molar-refractivity contribution in [2.45, 2.75) is 19.4 Å². The van der Waals surface area contributed by atoms with E-state index in [0.717, 1.165) is 10.6 Å². The van der Waals surface area contributed by atoms with Crippen molar-refractivity contribution in [2.75, 3.05) is 0 Å². The summed E-state index contributed by atoms with van der Waals surface area (Å²) >= 11 is 5.80. The molecular formula is C11H13ClO. The molecule has 0 spiro atoms. The first-order chi connectivity index (χ1) is 6.18. The highest BCUT2D eigenvalue weighted by Crippen LogP contribution is 2.12. The highest BCUT2D eigenvalue weighted by molar-refractivity contribution is 6.30.